The van der Waals surface area contributed by atoms with Gasteiger partial charge in [-0.25, -0.2) is 0 Å². The number of allylic oxidation sites excluding steroid dienone is 1. The Hall–Kier alpha value is -0.990. The third-order valence-electron chi connectivity index (χ3n) is 4.26. The van der Waals surface area contributed by atoms with E-state index in [0.29, 0.717) is 0 Å². The zero-order valence-electron chi connectivity index (χ0n) is 13.7. The van der Waals surface area contributed by atoms with Crippen LogP contribution in [-0.4, -0.2) is 32.8 Å². The molecule has 124 valence electrons. The number of rotatable bonds is 8. The minimum atomic E-state index is -2.71. The van der Waals surface area contributed by atoms with Gasteiger partial charge in [0, 0.05) is 0 Å². The van der Waals surface area contributed by atoms with Crippen molar-refractivity contribution in [1.29, 1.82) is 0 Å². The van der Waals surface area contributed by atoms with Crippen molar-refractivity contribution in [2.45, 2.75) is 6.29 Å². The van der Waals surface area contributed by atoms with Crippen LogP contribution in [-0.2, 0) is 9.47 Å². The fourth-order valence-corrected chi connectivity index (χ4v) is 10.2. The van der Waals surface area contributed by atoms with Crippen molar-refractivity contribution >= 4 is 31.4 Å². The summed E-state index contributed by atoms with van der Waals surface area (Å²) in [5.74, 6) is 0. The van der Waals surface area contributed by atoms with E-state index in [-0.39, 0.29) is 6.29 Å². The zero-order valence-corrected chi connectivity index (χ0v) is 16.2. The number of halogens is 1. The molecular formula is C19H24BrO2P. The molecule has 0 aliphatic rings. The third kappa shape index (κ3) is 3.59. The number of methoxy groups -OCH3 is 2. The Balaban J connectivity index is 2.72. The van der Waals surface area contributed by atoms with Crippen molar-refractivity contribution in [3.05, 3.63) is 73.3 Å². The molecule has 2 nitrogen and oxygen atoms in total. The summed E-state index contributed by atoms with van der Waals surface area (Å²) >= 11 is 4.25. The fourth-order valence-electron chi connectivity index (χ4n) is 3.01. The predicted octanol–water partition coefficient (Wildman–Crippen LogP) is 4.31. The molecular weight excluding hydrogens is 371 g/mol. The van der Waals surface area contributed by atoms with Crippen molar-refractivity contribution < 1.29 is 9.47 Å². The van der Waals surface area contributed by atoms with E-state index < -0.39 is 5.31 Å². The van der Waals surface area contributed by atoms with E-state index in [2.05, 4.69) is 70.6 Å². The zero-order chi connectivity index (χ0) is 16.8. The first-order chi connectivity index (χ1) is 11.1. The SMILES string of the molecule is C=CCP(Br)(CC(OC)OC)(c1ccccc1)c1ccccc1. The van der Waals surface area contributed by atoms with E-state index in [1.165, 1.54) is 10.6 Å². The summed E-state index contributed by atoms with van der Waals surface area (Å²) in [5.41, 5.74) is 0. The van der Waals surface area contributed by atoms with Crippen molar-refractivity contribution in [3.63, 3.8) is 0 Å². The Bertz CT molecular complexity index is 587. The number of benzene rings is 2. The standard InChI is InChI=1S/C19H24BrO2P/c1-4-15-23(20,16-19(21-2)22-3,17-11-7-5-8-12-17)18-13-9-6-10-14-18/h4-14,19H,1,15-16H2,2-3H3. The molecule has 0 heterocycles. The second-order valence-electron chi connectivity index (χ2n) is 5.60. The van der Waals surface area contributed by atoms with Gasteiger partial charge in [0.15, 0.2) is 0 Å². The summed E-state index contributed by atoms with van der Waals surface area (Å²) in [6, 6.07) is 21.2. The molecule has 0 amide bonds. The molecule has 0 aliphatic heterocycles. The molecule has 2 rings (SSSR count). The third-order valence-corrected chi connectivity index (χ3v) is 13.5. The van der Waals surface area contributed by atoms with E-state index in [0.717, 1.165) is 12.3 Å². The molecule has 2 aromatic rings. The first-order valence-electron chi connectivity index (χ1n) is 7.58. The van der Waals surface area contributed by atoms with Crippen LogP contribution in [0.4, 0.5) is 0 Å². The quantitative estimate of drug-likeness (QED) is 0.377. The molecule has 0 fully saturated rings. The predicted molar refractivity (Wildman–Crippen MR) is 106 cm³/mol. The normalized spacial score (nSPS) is 13.5. The Morgan fingerprint density at radius 3 is 1.74 bits per heavy atom. The van der Waals surface area contributed by atoms with Gasteiger partial charge in [-0.1, -0.05) is 0 Å². The average molecular weight is 395 g/mol. The summed E-state index contributed by atoms with van der Waals surface area (Å²) in [6.45, 7) is 4.02. The number of hydrogen-bond acceptors (Lipinski definition) is 2. The molecule has 0 atom stereocenters. The van der Waals surface area contributed by atoms with Crippen molar-refractivity contribution in [3.8, 4) is 0 Å². The van der Waals surface area contributed by atoms with E-state index in [4.69, 9.17) is 9.47 Å². The van der Waals surface area contributed by atoms with Crippen LogP contribution in [0.25, 0.3) is 0 Å². The molecule has 0 bridgehead atoms. The molecule has 0 saturated heterocycles. The van der Waals surface area contributed by atoms with Gasteiger partial charge in [0.05, 0.1) is 0 Å². The van der Waals surface area contributed by atoms with Crippen LogP contribution in [0, 0.1) is 0 Å². The van der Waals surface area contributed by atoms with Crippen LogP contribution in [0.15, 0.2) is 73.3 Å². The summed E-state index contributed by atoms with van der Waals surface area (Å²) < 4.78 is 11.1. The van der Waals surface area contributed by atoms with Gasteiger partial charge in [-0.2, -0.15) is 0 Å². The topological polar surface area (TPSA) is 18.5 Å². The second kappa shape index (κ2) is 7.72. The summed E-state index contributed by atoms with van der Waals surface area (Å²) in [7, 11) is 3.37. The molecule has 0 aliphatic carbocycles. The molecule has 0 unspecified atom stereocenters. The van der Waals surface area contributed by atoms with Gasteiger partial charge in [0.25, 0.3) is 0 Å². The van der Waals surface area contributed by atoms with Gasteiger partial charge in [0.2, 0.25) is 0 Å². The summed E-state index contributed by atoms with van der Waals surface area (Å²) in [6.07, 6.45) is 3.29. The van der Waals surface area contributed by atoms with Gasteiger partial charge >= 0.3 is 147 Å². The van der Waals surface area contributed by atoms with Gasteiger partial charge in [-0.3, -0.25) is 0 Å². The van der Waals surface area contributed by atoms with E-state index in [9.17, 15) is 0 Å². The van der Waals surface area contributed by atoms with Gasteiger partial charge < -0.3 is 0 Å². The fraction of sp³-hybridized carbons (Fsp3) is 0.263. The molecule has 0 saturated carbocycles. The Morgan fingerprint density at radius 1 is 0.957 bits per heavy atom. The molecule has 0 aromatic heterocycles. The molecule has 0 spiro atoms. The van der Waals surface area contributed by atoms with Crippen molar-refractivity contribution in [1.82, 2.24) is 0 Å². The molecule has 2 aromatic carbocycles. The van der Waals surface area contributed by atoms with Crippen molar-refractivity contribution in [2.75, 3.05) is 26.5 Å². The Morgan fingerprint density at radius 2 is 1.39 bits per heavy atom. The average Bonchev–Trinajstić information content (AvgIpc) is 2.62. The van der Waals surface area contributed by atoms with Crippen molar-refractivity contribution in [2.24, 2.45) is 0 Å². The minimum absolute atomic E-state index is 0.285. The maximum atomic E-state index is 5.56. The second-order valence-corrected chi connectivity index (χ2v) is 15.3. The monoisotopic (exact) mass is 394 g/mol. The maximum absolute atomic E-state index is 5.56. The number of ether oxygens (including phenoxy) is 2. The van der Waals surface area contributed by atoms with Crippen LogP contribution in [0.5, 0.6) is 0 Å². The molecule has 4 heteroatoms. The number of hydrogen-bond donors (Lipinski definition) is 0. The van der Waals surface area contributed by atoms with Crippen LogP contribution in [0.2, 0.25) is 0 Å². The Kier molecular flexibility index (Phi) is 6.16. The summed E-state index contributed by atoms with van der Waals surface area (Å²) in [5, 5.41) is -0.148. The van der Waals surface area contributed by atoms with Gasteiger partial charge in [-0.15, -0.1) is 0 Å². The van der Waals surface area contributed by atoms with Crippen LogP contribution in [0.1, 0.15) is 0 Å². The van der Waals surface area contributed by atoms with E-state index in [1.54, 1.807) is 14.2 Å². The van der Waals surface area contributed by atoms with Crippen LogP contribution >= 0.6 is 20.8 Å². The summed E-state index contributed by atoms with van der Waals surface area (Å²) in [4.78, 5) is 0. The van der Waals surface area contributed by atoms with Gasteiger partial charge in [-0.05, 0) is 0 Å². The molecule has 23 heavy (non-hydrogen) atoms. The van der Waals surface area contributed by atoms with Gasteiger partial charge in [0.1, 0.15) is 0 Å². The Labute approximate surface area is 147 Å². The van der Waals surface area contributed by atoms with E-state index in [1.807, 2.05) is 18.2 Å². The molecule has 0 N–H and O–H groups in total. The van der Waals surface area contributed by atoms with Crippen LogP contribution in [0.3, 0.4) is 0 Å². The first kappa shape index (κ1) is 18.4. The first-order valence-corrected chi connectivity index (χ1v) is 12.2. The van der Waals surface area contributed by atoms with Crippen LogP contribution < -0.4 is 10.6 Å². The molecule has 0 radical (unpaired) electrons. The van der Waals surface area contributed by atoms with E-state index >= 15 is 0 Å².